The van der Waals surface area contributed by atoms with Crippen LogP contribution in [0.15, 0.2) is 44.9 Å². The van der Waals surface area contributed by atoms with Gasteiger partial charge in [0.15, 0.2) is 0 Å². The van der Waals surface area contributed by atoms with Crippen LogP contribution in [0.1, 0.15) is 10.4 Å². The molecule has 0 saturated carbocycles. The molecule has 3 N–H and O–H groups in total. The highest BCUT2D eigenvalue weighted by atomic mass is 35.5. The smallest absolute Gasteiger partial charge is 0.271 e. The van der Waals surface area contributed by atoms with Crippen molar-refractivity contribution in [2.24, 2.45) is 5.14 Å². The molecule has 0 spiro atoms. The first-order valence-corrected chi connectivity index (χ1v) is 8.72. The van der Waals surface area contributed by atoms with Crippen molar-refractivity contribution in [3.63, 3.8) is 0 Å². The maximum absolute atomic E-state index is 12.0. The number of halogens is 1. The zero-order valence-electron chi connectivity index (χ0n) is 10.8. The molecule has 0 aliphatic heterocycles. The van der Waals surface area contributed by atoms with Gasteiger partial charge in [0.05, 0.1) is 10.6 Å². The Morgan fingerprint density at radius 1 is 1.38 bits per heavy atom. The van der Waals surface area contributed by atoms with Crippen LogP contribution in [-0.2, 0) is 10.0 Å². The number of carbonyl (C=O) groups is 1. The molecule has 0 radical (unpaired) electrons. The van der Waals surface area contributed by atoms with Gasteiger partial charge in [-0.2, -0.15) is 0 Å². The SMILES string of the molecule is CSc1ccc(NC(=O)c2coc(S(N)(=O)=O)c2)cc1Cl. The lowest BCUT2D eigenvalue weighted by atomic mass is 10.3. The fraction of sp³-hybridized carbons (Fsp3) is 0.0833. The van der Waals surface area contributed by atoms with Crippen LogP contribution >= 0.6 is 23.4 Å². The number of primary sulfonamides is 1. The van der Waals surface area contributed by atoms with E-state index in [1.165, 1.54) is 11.8 Å². The Balaban J connectivity index is 2.18. The van der Waals surface area contributed by atoms with Gasteiger partial charge < -0.3 is 9.73 Å². The minimum Gasteiger partial charge on any atom is -0.451 e. The number of rotatable bonds is 4. The van der Waals surface area contributed by atoms with Crippen LogP contribution in [0.25, 0.3) is 0 Å². The normalized spacial score (nSPS) is 11.4. The summed E-state index contributed by atoms with van der Waals surface area (Å²) in [4.78, 5) is 12.8. The molecule has 9 heteroatoms. The van der Waals surface area contributed by atoms with Crippen molar-refractivity contribution in [1.82, 2.24) is 0 Å². The van der Waals surface area contributed by atoms with E-state index in [0.29, 0.717) is 10.7 Å². The lowest BCUT2D eigenvalue weighted by molar-refractivity contribution is 0.102. The number of amides is 1. The average Bonchev–Trinajstić information content (AvgIpc) is 2.88. The van der Waals surface area contributed by atoms with Gasteiger partial charge in [0.1, 0.15) is 6.26 Å². The van der Waals surface area contributed by atoms with Crippen molar-refractivity contribution in [2.45, 2.75) is 9.99 Å². The van der Waals surface area contributed by atoms with Crippen molar-refractivity contribution in [3.8, 4) is 0 Å². The third-order valence-corrected chi connectivity index (χ3v) is 4.52. The van der Waals surface area contributed by atoms with Gasteiger partial charge in [-0.3, -0.25) is 4.79 Å². The zero-order chi connectivity index (χ0) is 15.6. The van der Waals surface area contributed by atoms with Gasteiger partial charge in [-0.1, -0.05) is 11.6 Å². The predicted molar refractivity (Wildman–Crippen MR) is 81.3 cm³/mol. The highest BCUT2D eigenvalue weighted by molar-refractivity contribution is 7.98. The van der Waals surface area contributed by atoms with E-state index in [1.54, 1.807) is 18.2 Å². The predicted octanol–water partition coefficient (Wildman–Crippen LogP) is 2.55. The van der Waals surface area contributed by atoms with Gasteiger partial charge in [-0.05, 0) is 24.5 Å². The molecule has 1 aromatic heterocycles. The molecule has 1 aromatic carbocycles. The summed E-state index contributed by atoms with van der Waals surface area (Å²) in [5.41, 5.74) is 0.533. The summed E-state index contributed by atoms with van der Waals surface area (Å²) in [5, 5.41) is 7.53. The number of sulfonamides is 1. The Morgan fingerprint density at radius 3 is 2.62 bits per heavy atom. The van der Waals surface area contributed by atoms with Crippen LogP contribution in [0.4, 0.5) is 5.69 Å². The summed E-state index contributed by atoms with van der Waals surface area (Å²) in [5.74, 6) is -0.526. The number of benzene rings is 1. The van der Waals surface area contributed by atoms with Gasteiger partial charge in [-0.15, -0.1) is 11.8 Å². The number of nitrogens with two attached hydrogens (primary N) is 1. The van der Waals surface area contributed by atoms with Crippen LogP contribution in [0.5, 0.6) is 0 Å². The molecular formula is C12H11ClN2O4S2. The number of carbonyl (C=O) groups excluding carboxylic acids is 1. The minimum atomic E-state index is -3.97. The first-order chi connectivity index (χ1) is 9.81. The van der Waals surface area contributed by atoms with E-state index >= 15 is 0 Å². The van der Waals surface area contributed by atoms with Gasteiger partial charge in [0.25, 0.3) is 15.9 Å². The molecule has 0 atom stereocenters. The Labute approximate surface area is 130 Å². The lowest BCUT2D eigenvalue weighted by Gasteiger charge is -2.06. The van der Waals surface area contributed by atoms with Crippen molar-refractivity contribution < 1.29 is 17.6 Å². The number of nitrogens with one attached hydrogen (secondary N) is 1. The molecule has 1 amide bonds. The zero-order valence-corrected chi connectivity index (χ0v) is 13.2. The molecule has 0 unspecified atom stereocenters. The third-order valence-electron chi connectivity index (χ3n) is 2.53. The maximum atomic E-state index is 12.0. The molecule has 0 bridgehead atoms. The summed E-state index contributed by atoms with van der Waals surface area (Å²) in [6.07, 6.45) is 2.91. The van der Waals surface area contributed by atoms with E-state index in [9.17, 15) is 13.2 Å². The average molecular weight is 347 g/mol. The monoisotopic (exact) mass is 346 g/mol. The molecule has 2 aromatic rings. The van der Waals surface area contributed by atoms with Crippen LogP contribution in [-0.4, -0.2) is 20.6 Å². The fourth-order valence-electron chi connectivity index (χ4n) is 1.53. The van der Waals surface area contributed by atoms with E-state index in [0.717, 1.165) is 17.2 Å². The molecule has 6 nitrogen and oxygen atoms in total. The molecule has 112 valence electrons. The van der Waals surface area contributed by atoms with E-state index in [2.05, 4.69) is 5.32 Å². The Morgan fingerprint density at radius 2 is 2.10 bits per heavy atom. The Bertz CT molecular complexity index is 786. The topological polar surface area (TPSA) is 102 Å². The maximum Gasteiger partial charge on any atom is 0.271 e. The lowest BCUT2D eigenvalue weighted by Crippen LogP contribution is -2.12. The number of hydrogen-bond acceptors (Lipinski definition) is 5. The highest BCUT2D eigenvalue weighted by Crippen LogP contribution is 2.28. The largest absolute Gasteiger partial charge is 0.451 e. The molecule has 0 aliphatic rings. The molecular weight excluding hydrogens is 336 g/mol. The van der Waals surface area contributed by atoms with Crippen LogP contribution in [0.2, 0.25) is 5.02 Å². The number of anilines is 1. The quantitative estimate of drug-likeness (QED) is 0.828. The van der Waals surface area contributed by atoms with Crippen LogP contribution < -0.4 is 10.5 Å². The van der Waals surface area contributed by atoms with Crippen molar-refractivity contribution in [3.05, 3.63) is 41.1 Å². The van der Waals surface area contributed by atoms with Crippen molar-refractivity contribution in [2.75, 3.05) is 11.6 Å². The summed E-state index contributed by atoms with van der Waals surface area (Å²) in [6.45, 7) is 0. The van der Waals surface area contributed by atoms with Crippen LogP contribution in [0.3, 0.4) is 0 Å². The first kappa shape index (κ1) is 15.9. The van der Waals surface area contributed by atoms with Gasteiger partial charge in [0.2, 0.25) is 5.09 Å². The second-order valence-electron chi connectivity index (χ2n) is 4.00. The Kier molecular flexibility index (Phi) is 4.62. The fourth-order valence-corrected chi connectivity index (χ4v) is 2.88. The summed E-state index contributed by atoms with van der Waals surface area (Å²) in [7, 11) is -3.97. The van der Waals surface area contributed by atoms with Crippen molar-refractivity contribution in [1.29, 1.82) is 0 Å². The summed E-state index contributed by atoms with van der Waals surface area (Å²) in [6, 6.07) is 6.12. The first-order valence-electron chi connectivity index (χ1n) is 5.57. The molecule has 0 aliphatic carbocycles. The molecule has 1 heterocycles. The van der Waals surface area contributed by atoms with Gasteiger partial charge in [-0.25, -0.2) is 13.6 Å². The molecule has 2 rings (SSSR count). The van der Waals surface area contributed by atoms with Gasteiger partial charge >= 0.3 is 0 Å². The van der Waals surface area contributed by atoms with Crippen LogP contribution in [0, 0.1) is 0 Å². The molecule has 21 heavy (non-hydrogen) atoms. The minimum absolute atomic E-state index is 0.0455. The molecule has 0 saturated heterocycles. The second kappa shape index (κ2) is 6.10. The number of furan rings is 1. The second-order valence-corrected chi connectivity index (χ2v) is 6.75. The van der Waals surface area contributed by atoms with E-state index in [1.807, 2.05) is 6.26 Å². The molecule has 0 fully saturated rings. The summed E-state index contributed by atoms with van der Waals surface area (Å²) < 4.78 is 26.9. The van der Waals surface area contributed by atoms with Gasteiger partial charge in [0, 0.05) is 16.6 Å². The third kappa shape index (κ3) is 3.79. The number of thioether (sulfide) groups is 1. The highest BCUT2D eigenvalue weighted by Gasteiger charge is 2.17. The Hall–Kier alpha value is -1.48. The van der Waals surface area contributed by atoms with Crippen molar-refractivity contribution >= 4 is 45.0 Å². The summed E-state index contributed by atoms with van der Waals surface area (Å²) >= 11 is 7.52. The van der Waals surface area contributed by atoms with E-state index in [-0.39, 0.29) is 5.56 Å². The van der Waals surface area contributed by atoms with E-state index < -0.39 is 21.0 Å². The standard InChI is InChI=1S/C12H11ClN2O4S2/c1-20-10-3-2-8(5-9(10)13)15-12(16)7-4-11(19-6-7)21(14,17)18/h2-6H,1H3,(H,15,16)(H2,14,17,18). The van der Waals surface area contributed by atoms with E-state index in [4.69, 9.17) is 21.2 Å². The number of hydrogen-bond donors (Lipinski definition) is 2.